The fourth-order valence-corrected chi connectivity index (χ4v) is 6.66. The molecule has 3 nitrogen and oxygen atoms in total. The number of ether oxygens (including phenoxy) is 1. The van der Waals surface area contributed by atoms with Crippen LogP contribution in [0, 0.1) is 23.7 Å². The van der Waals surface area contributed by atoms with E-state index in [1.165, 1.54) is 116 Å². The lowest BCUT2D eigenvalue weighted by atomic mass is 9.75. The molecule has 4 heteroatoms. The second kappa shape index (κ2) is 17.9. The molecule has 0 spiro atoms. The highest BCUT2D eigenvalue weighted by Crippen LogP contribution is 2.38. The highest BCUT2D eigenvalue weighted by molar-refractivity contribution is 7.78. The van der Waals surface area contributed by atoms with Crippen molar-refractivity contribution in [3.05, 3.63) is 24.3 Å². The zero-order valence-electron chi connectivity index (χ0n) is 23.4. The quantitative estimate of drug-likeness (QED) is 0.0708. The second-order valence-electron chi connectivity index (χ2n) is 11.9. The Hall–Kier alpha value is -1.51. The molecule has 0 heterocycles. The summed E-state index contributed by atoms with van der Waals surface area (Å²) in [6.07, 6.45) is 27.4. The van der Waals surface area contributed by atoms with Crippen molar-refractivity contribution in [2.24, 2.45) is 28.7 Å². The van der Waals surface area contributed by atoms with Crippen molar-refractivity contribution in [3.8, 4) is 5.75 Å². The van der Waals surface area contributed by atoms with Crippen molar-refractivity contribution in [1.29, 1.82) is 0 Å². The van der Waals surface area contributed by atoms with Crippen LogP contribution < -0.4 is 4.74 Å². The zero-order chi connectivity index (χ0) is 26.1. The van der Waals surface area contributed by atoms with Crippen molar-refractivity contribution < 1.29 is 9.53 Å². The maximum absolute atomic E-state index is 12.6. The van der Waals surface area contributed by atoms with Crippen molar-refractivity contribution >= 4 is 29.0 Å². The number of benzene rings is 1. The second-order valence-corrected chi connectivity index (χ2v) is 12.1. The van der Waals surface area contributed by atoms with Gasteiger partial charge in [-0.15, -0.1) is 0 Å². The average Bonchev–Trinajstić information content (AvgIpc) is 2.93. The summed E-state index contributed by atoms with van der Waals surface area (Å²) < 4.78 is 5.63. The summed E-state index contributed by atoms with van der Waals surface area (Å²) in [6.45, 7) is 2.30. The van der Waals surface area contributed by atoms with Crippen LogP contribution in [-0.4, -0.2) is 11.1 Å². The summed E-state index contributed by atoms with van der Waals surface area (Å²) >= 11 is 4.63. The molecule has 1 aromatic carbocycles. The van der Waals surface area contributed by atoms with E-state index in [1.807, 2.05) is 0 Å². The van der Waals surface area contributed by atoms with Gasteiger partial charge in [-0.05, 0) is 79.9 Å². The lowest BCUT2D eigenvalue weighted by Gasteiger charge is -2.31. The van der Waals surface area contributed by atoms with Gasteiger partial charge in [-0.1, -0.05) is 110 Å². The molecule has 0 atom stereocenters. The van der Waals surface area contributed by atoms with E-state index < -0.39 is 0 Å². The van der Waals surface area contributed by atoms with Crippen molar-refractivity contribution in [3.63, 3.8) is 0 Å². The van der Waals surface area contributed by atoms with Gasteiger partial charge in [0.15, 0.2) is 0 Å². The molecule has 0 amide bonds. The minimum Gasteiger partial charge on any atom is -0.426 e. The topological polar surface area (TPSA) is 38.7 Å². The summed E-state index contributed by atoms with van der Waals surface area (Å²) in [6, 6.07) is 7.15. The number of isothiocyanates is 1. The number of hydrogen-bond acceptors (Lipinski definition) is 4. The molecule has 206 valence electrons. The van der Waals surface area contributed by atoms with Gasteiger partial charge in [-0.2, -0.15) is 4.99 Å². The Labute approximate surface area is 232 Å². The highest BCUT2D eigenvalue weighted by Gasteiger charge is 2.29. The molecule has 0 aromatic heterocycles. The lowest BCUT2D eigenvalue weighted by molar-refractivity contribution is -0.140. The lowest BCUT2D eigenvalue weighted by Crippen LogP contribution is -2.26. The van der Waals surface area contributed by atoms with E-state index in [0.717, 1.165) is 36.3 Å². The molecule has 2 aliphatic rings. The standard InChI is InChI=1S/C33H51NO2S/c1-2-3-4-5-6-7-8-9-10-11-27-12-14-28(15-13-27)16-17-29-18-20-30(21-19-29)33(35)36-32-24-22-31(23-25-32)34-26-37/h22-25,27-30H,2-21H2,1H3. The number of aliphatic imine (C=N–C) groups is 1. The first-order valence-corrected chi connectivity index (χ1v) is 16.0. The van der Waals surface area contributed by atoms with Gasteiger partial charge < -0.3 is 4.74 Å². The number of esters is 1. The fourth-order valence-electron chi connectivity index (χ4n) is 6.55. The zero-order valence-corrected chi connectivity index (χ0v) is 24.2. The summed E-state index contributed by atoms with van der Waals surface area (Å²) in [7, 11) is 0. The van der Waals surface area contributed by atoms with E-state index in [1.54, 1.807) is 24.3 Å². The first-order chi connectivity index (χ1) is 18.2. The molecule has 2 aliphatic carbocycles. The Bertz CT molecular complexity index is 800. The van der Waals surface area contributed by atoms with Gasteiger partial charge in [0.05, 0.1) is 16.8 Å². The number of carbonyl (C=O) groups is 1. The molecular weight excluding hydrogens is 474 g/mol. The average molecular weight is 526 g/mol. The van der Waals surface area contributed by atoms with Gasteiger partial charge in [-0.3, -0.25) is 4.79 Å². The van der Waals surface area contributed by atoms with Gasteiger partial charge in [0.1, 0.15) is 5.75 Å². The Kier molecular flexibility index (Phi) is 14.5. The molecule has 0 saturated heterocycles. The maximum atomic E-state index is 12.6. The third-order valence-corrected chi connectivity index (χ3v) is 9.17. The summed E-state index contributed by atoms with van der Waals surface area (Å²) in [4.78, 5) is 16.6. The molecular formula is C33H51NO2S. The van der Waals surface area contributed by atoms with E-state index in [0.29, 0.717) is 5.75 Å². The molecule has 0 aliphatic heterocycles. The van der Waals surface area contributed by atoms with Gasteiger partial charge in [0, 0.05) is 0 Å². The first-order valence-electron chi connectivity index (χ1n) is 15.6. The summed E-state index contributed by atoms with van der Waals surface area (Å²) in [5, 5.41) is 2.35. The molecule has 1 aromatic rings. The molecule has 0 N–H and O–H groups in total. The normalized spacial score (nSPS) is 23.8. The van der Waals surface area contributed by atoms with E-state index in [9.17, 15) is 4.79 Å². The minimum absolute atomic E-state index is 0.0476. The van der Waals surface area contributed by atoms with Crippen LogP contribution in [0.2, 0.25) is 0 Å². The molecule has 0 radical (unpaired) electrons. The number of rotatable bonds is 16. The van der Waals surface area contributed by atoms with Crippen LogP contribution >= 0.6 is 12.2 Å². The van der Waals surface area contributed by atoms with E-state index in [2.05, 4.69) is 29.3 Å². The van der Waals surface area contributed by atoms with Crippen molar-refractivity contribution in [2.45, 2.75) is 135 Å². The smallest absolute Gasteiger partial charge is 0.314 e. The van der Waals surface area contributed by atoms with E-state index >= 15 is 0 Å². The molecule has 3 rings (SSSR count). The number of nitrogens with zero attached hydrogens (tertiary/aromatic N) is 1. The van der Waals surface area contributed by atoms with Crippen LogP contribution in [0.5, 0.6) is 5.75 Å². The predicted octanol–water partition coefficient (Wildman–Crippen LogP) is 10.6. The Morgan fingerprint density at radius 1 is 0.757 bits per heavy atom. The fraction of sp³-hybridized carbons (Fsp3) is 0.758. The predicted molar refractivity (Wildman–Crippen MR) is 159 cm³/mol. The van der Waals surface area contributed by atoms with Crippen LogP contribution in [0.4, 0.5) is 5.69 Å². The summed E-state index contributed by atoms with van der Waals surface area (Å²) in [5.74, 6) is 3.32. The molecule has 2 fully saturated rings. The first kappa shape index (κ1) is 30.0. The SMILES string of the molecule is CCCCCCCCCCCC1CCC(CCC2CCC(C(=O)Oc3ccc(N=C=S)cc3)CC2)CC1. The van der Waals surface area contributed by atoms with Crippen LogP contribution in [-0.2, 0) is 4.79 Å². The monoisotopic (exact) mass is 525 g/mol. The summed E-state index contributed by atoms with van der Waals surface area (Å²) in [5.41, 5.74) is 0.725. The third kappa shape index (κ3) is 11.8. The van der Waals surface area contributed by atoms with Gasteiger partial charge in [0.25, 0.3) is 0 Å². The Morgan fingerprint density at radius 2 is 1.24 bits per heavy atom. The van der Waals surface area contributed by atoms with E-state index in [-0.39, 0.29) is 11.9 Å². The van der Waals surface area contributed by atoms with Crippen LogP contribution in [0.1, 0.15) is 135 Å². The largest absolute Gasteiger partial charge is 0.426 e. The molecule has 0 unspecified atom stereocenters. The van der Waals surface area contributed by atoms with Crippen molar-refractivity contribution in [1.82, 2.24) is 0 Å². The molecule has 2 saturated carbocycles. The van der Waals surface area contributed by atoms with Gasteiger partial charge in [0.2, 0.25) is 0 Å². The number of unbranched alkanes of at least 4 members (excludes halogenated alkanes) is 8. The Morgan fingerprint density at radius 3 is 1.78 bits per heavy atom. The molecule has 0 bridgehead atoms. The van der Waals surface area contributed by atoms with Crippen LogP contribution in [0.25, 0.3) is 0 Å². The van der Waals surface area contributed by atoms with Crippen molar-refractivity contribution in [2.75, 3.05) is 0 Å². The van der Waals surface area contributed by atoms with Gasteiger partial charge >= 0.3 is 5.97 Å². The van der Waals surface area contributed by atoms with Crippen LogP contribution in [0.3, 0.4) is 0 Å². The van der Waals surface area contributed by atoms with Gasteiger partial charge in [-0.25, -0.2) is 0 Å². The van der Waals surface area contributed by atoms with E-state index in [4.69, 9.17) is 4.74 Å². The third-order valence-electron chi connectivity index (χ3n) is 9.08. The molecule has 37 heavy (non-hydrogen) atoms. The minimum atomic E-state index is -0.0742. The number of carbonyl (C=O) groups excluding carboxylic acids is 1. The number of hydrogen-bond donors (Lipinski definition) is 0. The van der Waals surface area contributed by atoms with Crippen LogP contribution in [0.15, 0.2) is 29.3 Å². The highest BCUT2D eigenvalue weighted by atomic mass is 32.1. The number of thiocarbonyl (C=S) groups is 1. The Balaban J connectivity index is 1.20. The maximum Gasteiger partial charge on any atom is 0.314 e.